The molecule has 4 amide bonds. The molecule has 1 aliphatic rings. The Morgan fingerprint density at radius 1 is 0.818 bits per heavy atom. The lowest BCUT2D eigenvalue weighted by atomic mass is 10.1. The van der Waals surface area contributed by atoms with Crippen LogP contribution in [0.15, 0.2) is 0 Å². The number of hydrogen-bond acceptors (Lipinski definition) is 3. The van der Waals surface area contributed by atoms with E-state index in [1.54, 1.807) is 0 Å². The molecule has 1 fully saturated rings. The number of piperidine rings is 1. The summed E-state index contributed by atoms with van der Waals surface area (Å²) in [6.45, 7) is 5.30. The van der Waals surface area contributed by atoms with Crippen LogP contribution in [-0.2, 0) is 0 Å². The number of nitrogens with zero attached hydrogens (tertiary/aromatic N) is 1. The van der Waals surface area contributed by atoms with Gasteiger partial charge >= 0.3 is 12.1 Å². The molecule has 0 radical (unpaired) electrons. The second kappa shape index (κ2) is 12.1. The van der Waals surface area contributed by atoms with Crippen LogP contribution >= 0.6 is 0 Å². The monoisotopic (exact) mass is 313 g/mol. The molecule has 0 aromatic heterocycles. The van der Waals surface area contributed by atoms with Gasteiger partial charge in [-0.3, -0.25) is 0 Å². The van der Waals surface area contributed by atoms with E-state index < -0.39 is 6.03 Å². The van der Waals surface area contributed by atoms with Gasteiger partial charge in [-0.05, 0) is 38.8 Å². The van der Waals surface area contributed by atoms with Crippen LogP contribution in [0.5, 0.6) is 0 Å². The fourth-order valence-corrected chi connectivity index (χ4v) is 2.59. The number of likely N-dealkylation sites (tertiary alicyclic amines) is 1. The zero-order chi connectivity index (χ0) is 16.0. The van der Waals surface area contributed by atoms with Crippen molar-refractivity contribution in [2.45, 2.75) is 44.9 Å². The number of urea groups is 2. The number of rotatable bonds is 10. The highest BCUT2D eigenvalue weighted by Gasteiger charge is 2.09. The number of carbonyl (C=O) groups is 2. The summed E-state index contributed by atoms with van der Waals surface area (Å²) in [6, 6.07) is -0.546. The van der Waals surface area contributed by atoms with Gasteiger partial charge in [-0.1, -0.05) is 19.3 Å². The summed E-state index contributed by atoms with van der Waals surface area (Å²) in [5, 5.41) is 8.33. The lowest BCUT2D eigenvalue weighted by molar-refractivity contribution is 0.220. The second-order valence-corrected chi connectivity index (χ2v) is 5.79. The Balaban J connectivity index is 1.83. The van der Waals surface area contributed by atoms with E-state index in [0.29, 0.717) is 19.6 Å². The fourth-order valence-electron chi connectivity index (χ4n) is 2.59. The predicted molar refractivity (Wildman–Crippen MR) is 87.7 cm³/mol. The van der Waals surface area contributed by atoms with Gasteiger partial charge in [-0.15, -0.1) is 0 Å². The Kier molecular flexibility index (Phi) is 10.2. The first-order valence-electron chi connectivity index (χ1n) is 8.46. The maximum absolute atomic E-state index is 11.6. The van der Waals surface area contributed by atoms with Gasteiger partial charge in [0, 0.05) is 26.2 Å². The number of primary amides is 1. The molecular formula is C15H31N5O2. The molecule has 1 saturated heterocycles. The van der Waals surface area contributed by atoms with Gasteiger partial charge in [-0.2, -0.15) is 0 Å². The van der Waals surface area contributed by atoms with E-state index in [2.05, 4.69) is 20.9 Å². The smallest absolute Gasteiger partial charge is 0.314 e. The van der Waals surface area contributed by atoms with Crippen molar-refractivity contribution in [3.8, 4) is 0 Å². The molecule has 0 spiro atoms. The first-order chi connectivity index (χ1) is 10.7. The minimum absolute atomic E-state index is 0.0765. The van der Waals surface area contributed by atoms with Crippen LogP contribution in [0.2, 0.25) is 0 Å². The molecule has 7 nitrogen and oxygen atoms in total. The van der Waals surface area contributed by atoms with Crippen molar-refractivity contribution in [1.82, 2.24) is 20.9 Å². The fraction of sp³-hybridized carbons (Fsp3) is 0.867. The Morgan fingerprint density at radius 2 is 1.41 bits per heavy atom. The van der Waals surface area contributed by atoms with Crippen LogP contribution in [0.4, 0.5) is 9.59 Å². The lowest BCUT2D eigenvalue weighted by Gasteiger charge is -2.26. The largest absolute Gasteiger partial charge is 0.352 e. The third kappa shape index (κ3) is 10.3. The number of unbranched alkanes of at least 4 members (excludes halogenated alkanes) is 3. The Morgan fingerprint density at radius 3 is 2.05 bits per heavy atom. The normalized spacial score (nSPS) is 15.3. The molecular weight excluding hydrogens is 282 g/mol. The summed E-state index contributed by atoms with van der Waals surface area (Å²) >= 11 is 0. The summed E-state index contributed by atoms with van der Waals surface area (Å²) in [5.41, 5.74) is 4.97. The number of nitrogens with two attached hydrogens (primary N) is 1. The van der Waals surface area contributed by atoms with Gasteiger partial charge in [0.1, 0.15) is 0 Å². The molecule has 0 atom stereocenters. The minimum Gasteiger partial charge on any atom is -0.352 e. The van der Waals surface area contributed by atoms with Crippen LogP contribution in [0.25, 0.3) is 0 Å². The van der Waals surface area contributed by atoms with Crippen molar-refractivity contribution in [1.29, 1.82) is 0 Å². The summed E-state index contributed by atoms with van der Waals surface area (Å²) in [5.74, 6) is 0. The van der Waals surface area contributed by atoms with Gasteiger partial charge in [-0.25, -0.2) is 9.59 Å². The van der Waals surface area contributed by atoms with Crippen molar-refractivity contribution < 1.29 is 9.59 Å². The van der Waals surface area contributed by atoms with E-state index in [4.69, 9.17) is 5.73 Å². The molecule has 22 heavy (non-hydrogen) atoms. The summed E-state index contributed by atoms with van der Waals surface area (Å²) in [6.07, 6.45) is 7.83. The quantitative estimate of drug-likeness (QED) is 0.453. The highest BCUT2D eigenvalue weighted by molar-refractivity contribution is 5.73. The topological polar surface area (TPSA) is 99.5 Å². The Labute approximate surface area is 133 Å². The van der Waals surface area contributed by atoms with E-state index in [1.807, 2.05) is 0 Å². The van der Waals surface area contributed by atoms with Gasteiger partial charge in [0.25, 0.3) is 0 Å². The van der Waals surface area contributed by atoms with Gasteiger partial charge in [0.15, 0.2) is 0 Å². The van der Waals surface area contributed by atoms with Crippen LogP contribution in [0.3, 0.4) is 0 Å². The van der Waals surface area contributed by atoms with Crippen molar-refractivity contribution >= 4 is 12.1 Å². The molecule has 1 aliphatic heterocycles. The van der Waals surface area contributed by atoms with Crippen molar-refractivity contribution in [2.24, 2.45) is 5.73 Å². The van der Waals surface area contributed by atoms with Crippen LogP contribution in [0.1, 0.15) is 44.9 Å². The summed E-state index contributed by atoms with van der Waals surface area (Å²) in [7, 11) is 0. The SMILES string of the molecule is NC(=O)NCCCCCCNC(=O)NCCN1CCCCC1. The van der Waals surface area contributed by atoms with E-state index in [-0.39, 0.29) is 6.03 Å². The molecule has 1 heterocycles. The molecule has 0 saturated carbocycles. The molecule has 5 N–H and O–H groups in total. The van der Waals surface area contributed by atoms with E-state index in [0.717, 1.165) is 45.3 Å². The average Bonchev–Trinajstić information content (AvgIpc) is 2.50. The van der Waals surface area contributed by atoms with Gasteiger partial charge in [0.2, 0.25) is 0 Å². The number of nitrogens with one attached hydrogen (secondary N) is 3. The van der Waals surface area contributed by atoms with Gasteiger partial charge in [0.05, 0.1) is 0 Å². The van der Waals surface area contributed by atoms with Crippen LogP contribution in [0, 0.1) is 0 Å². The Hall–Kier alpha value is -1.50. The minimum atomic E-state index is -0.470. The second-order valence-electron chi connectivity index (χ2n) is 5.79. The molecule has 0 aromatic carbocycles. The highest BCUT2D eigenvalue weighted by atomic mass is 16.2. The first-order valence-corrected chi connectivity index (χ1v) is 8.46. The molecule has 0 unspecified atom stereocenters. The highest BCUT2D eigenvalue weighted by Crippen LogP contribution is 2.07. The molecule has 128 valence electrons. The van der Waals surface area contributed by atoms with Crippen molar-refractivity contribution in [3.05, 3.63) is 0 Å². The van der Waals surface area contributed by atoms with Crippen LogP contribution in [-0.4, -0.2) is 56.2 Å². The standard InChI is InChI=1S/C15H31N5O2/c16-14(21)17-8-4-1-2-5-9-18-15(22)19-10-13-20-11-6-3-7-12-20/h1-13H2,(H3,16,17,21)(H2,18,19,22). The number of hydrogen-bond donors (Lipinski definition) is 4. The molecule has 0 aliphatic carbocycles. The average molecular weight is 313 g/mol. The number of carbonyl (C=O) groups excluding carboxylic acids is 2. The molecule has 1 rings (SSSR count). The van der Waals surface area contributed by atoms with E-state index >= 15 is 0 Å². The van der Waals surface area contributed by atoms with Crippen molar-refractivity contribution in [2.75, 3.05) is 39.3 Å². The summed E-state index contributed by atoms with van der Waals surface area (Å²) in [4.78, 5) is 24.4. The van der Waals surface area contributed by atoms with Crippen molar-refractivity contribution in [3.63, 3.8) is 0 Å². The van der Waals surface area contributed by atoms with Crippen LogP contribution < -0.4 is 21.7 Å². The first kappa shape index (κ1) is 18.5. The third-order valence-corrected chi connectivity index (χ3v) is 3.85. The Bertz CT molecular complexity index is 319. The lowest BCUT2D eigenvalue weighted by Crippen LogP contribution is -2.41. The van der Waals surface area contributed by atoms with E-state index in [9.17, 15) is 9.59 Å². The number of amides is 4. The van der Waals surface area contributed by atoms with E-state index in [1.165, 1.54) is 19.3 Å². The third-order valence-electron chi connectivity index (χ3n) is 3.85. The molecule has 7 heteroatoms. The zero-order valence-corrected chi connectivity index (χ0v) is 13.5. The zero-order valence-electron chi connectivity index (χ0n) is 13.5. The van der Waals surface area contributed by atoms with Gasteiger partial charge < -0.3 is 26.6 Å². The maximum Gasteiger partial charge on any atom is 0.314 e. The molecule has 0 bridgehead atoms. The summed E-state index contributed by atoms with van der Waals surface area (Å²) < 4.78 is 0. The maximum atomic E-state index is 11.6. The predicted octanol–water partition coefficient (Wildman–Crippen LogP) is 1.00. The molecule has 0 aromatic rings.